The van der Waals surface area contributed by atoms with Gasteiger partial charge in [-0.2, -0.15) is 96.6 Å². The highest BCUT2D eigenvalue weighted by atomic mass is 19.4. The summed E-state index contributed by atoms with van der Waals surface area (Å²) >= 11 is 0. The molecule has 4 aromatic carbocycles. The van der Waals surface area contributed by atoms with Crippen molar-refractivity contribution in [3.05, 3.63) is 137 Å². The average Bonchev–Trinajstić information content (AvgIpc) is 1.35. The Hall–Kier alpha value is -5.34. The van der Waals surface area contributed by atoms with Crippen molar-refractivity contribution in [1.29, 1.82) is 0 Å². The van der Waals surface area contributed by atoms with Crippen molar-refractivity contribution in [2.24, 2.45) is 0 Å². The van der Waals surface area contributed by atoms with Crippen LogP contribution in [0.5, 0.6) is 5.75 Å². The normalized spacial score (nSPS) is 15.0. The monoisotopic (exact) mass is 1270 g/mol. The van der Waals surface area contributed by atoms with E-state index in [1.165, 1.54) is 30.3 Å². The second-order valence-electron chi connectivity index (χ2n) is 18.1. The highest BCUT2D eigenvalue weighted by molar-refractivity contribution is 5.28. The van der Waals surface area contributed by atoms with Crippen LogP contribution in [0.25, 0.3) is 0 Å². The van der Waals surface area contributed by atoms with Gasteiger partial charge in [0.2, 0.25) is 6.29 Å². The van der Waals surface area contributed by atoms with Crippen molar-refractivity contribution in [3.8, 4) is 5.75 Å². The number of rotatable bonds is 38. The van der Waals surface area contributed by atoms with Gasteiger partial charge in [0.05, 0.1) is 39.3 Å². The Morgan fingerprint density at radius 2 is 0.694 bits per heavy atom. The van der Waals surface area contributed by atoms with E-state index in [2.05, 4.69) is 28.4 Å². The lowest BCUT2D eigenvalue weighted by Crippen LogP contribution is -2.61. The summed E-state index contributed by atoms with van der Waals surface area (Å²) in [6, 6.07) is 18.0. The predicted octanol–water partition coefficient (Wildman–Crippen LogP) is 12.1. The van der Waals surface area contributed by atoms with Crippen LogP contribution >= 0.6 is 0 Å². The number of alkyl halides is 22. The first kappa shape index (κ1) is 72.1. The van der Waals surface area contributed by atoms with Crippen molar-refractivity contribution in [2.45, 2.75) is 144 Å². The Labute approximate surface area is 465 Å². The zero-order valence-corrected chi connectivity index (χ0v) is 42.8. The fourth-order valence-corrected chi connectivity index (χ4v) is 6.56. The van der Waals surface area contributed by atoms with Crippen LogP contribution in [0.3, 0.4) is 0 Å². The van der Waals surface area contributed by atoms with Gasteiger partial charge < -0.3 is 44.1 Å². The molecule has 0 amide bonds. The Bertz CT molecular complexity index is 2640. The van der Waals surface area contributed by atoms with E-state index in [1.54, 1.807) is 0 Å². The SMILES string of the molecule is OCC(O)Oc1ccc(CC(F)(F)OC(F)(F)C(F)(F)OC(F)(F)C(F)(F)COCc2ccc(COC(O)CCCC(O)OCc3ccc(COCC(F)(F)C(F)(F)C(F)(F)OC(F)(F)C(F)(F)OC(F)(F)Cc4ccccc4)cc3)cc2)cc1. The maximum atomic E-state index is 14.3. The number of aliphatic hydroxyl groups excluding tert-OH is 4. The number of benzene rings is 4. The number of aliphatic hydroxyl groups is 4. The third kappa shape index (κ3) is 21.2. The molecule has 0 aliphatic carbocycles. The maximum absolute atomic E-state index is 14.3. The zero-order valence-electron chi connectivity index (χ0n) is 42.8. The Balaban J connectivity index is 1.13. The van der Waals surface area contributed by atoms with Gasteiger partial charge in [-0.3, -0.25) is 0 Å². The molecule has 0 aliphatic heterocycles. The van der Waals surface area contributed by atoms with Crippen LogP contribution in [0.15, 0.2) is 103 Å². The number of halogens is 22. The molecule has 0 bridgehead atoms. The first-order valence-electron chi connectivity index (χ1n) is 23.9. The molecule has 3 atom stereocenters. The van der Waals surface area contributed by atoms with Crippen LogP contribution in [0.4, 0.5) is 96.6 Å². The lowest BCUT2D eigenvalue weighted by molar-refractivity contribution is -0.536. The quantitative estimate of drug-likeness (QED) is 0.0248. The summed E-state index contributed by atoms with van der Waals surface area (Å²) in [5.74, 6) is -19.2. The minimum atomic E-state index is -7.17. The van der Waals surface area contributed by atoms with Crippen molar-refractivity contribution in [3.63, 3.8) is 0 Å². The van der Waals surface area contributed by atoms with Gasteiger partial charge in [-0.1, -0.05) is 91.0 Å². The molecule has 0 heterocycles. The van der Waals surface area contributed by atoms with Crippen LogP contribution in [0.2, 0.25) is 0 Å². The third-order valence-electron chi connectivity index (χ3n) is 10.9. The van der Waals surface area contributed by atoms with E-state index in [0.717, 1.165) is 72.8 Å². The van der Waals surface area contributed by atoms with Crippen molar-refractivity contribution in [2.75, 3.05) is 19.8 Å². The van der Waals surface area contributed by atoms with Crippen LogP contribution in [0.1, 0.15) is 52.6 Å². The van der Waals surface area contributed by atoms with E-state index < -0.39 is 143 Å². The number of hydrogen-bond donors (Lipinski definition) is 4. The summed E-state index contributed by atoms with van der Waals surface area (Å²) in [7, 11) is 0. The summed E-state index contributed by atoms with van der Waals surface area (Å²) in [5.41, 5.74) is -0.660. The minimum Gasteiger partial charge on any atom is -0.463 e. The largest absolute Gasteiger partial charge is 0.463 e. The van der Waals surface area contributed by atoms with Gasteiger partial charge in [-0.25, -0.2) is 18.9 Å². The summed E-state index contributed by atoms with van der Waals surface area (Å²) in [4.78, 5) is 0. The minimum absolute atomic E-state index is 0.0260. The molecule has 0 aromatic heterocycles. The fraction of sp³-hybridized carbons (Fsp3) is 0.520. The summed E-state index contributed by atoms with van der Waals surface area (Å²) < 4.78 is 345. The molecule has 4 N–H and O–H groups in total. The molecular weight excluding hydrogens is 1230 g/mol. The number of hydrogen-bond acceptors (Lipinski definition) is 13. The Morgan fingerprint density at radius 3 is 1.09 bits per heavy atom. The molecule has 0 spiro atoms. The van der Waals surface area contributed by atoms with Crippen molar-refractivity contribution in [1.82, 2.24) is 0 Å². The molecule has 480 valence electrons. The topological polar surface area (TPSA) is 164 Å². The van der Waals surface area contributed by atoms with Crippen LogP contribution < -0.4 is 4.74 Å². The van der Waals surface area contributed by atoms with Crippen LogP contribution in [-0.4, -0.2) is 126 Å². The second-order valence-corrected chi connectivity index (χ2v) is 18.1. The maximum Gasteiger partial charge on any atom is 0.453 e. The summed E-state index contributed by atoms with van der Waals surface area (Å²) in [6.07, 6.45) is -60.1. The molecule has 0 radical (unpaired) electrons. The van der Waals surface area contributed by atoms with E-state index in [4.69, 9.17) is 19.3 Å². The second kappa shape index (κ2) is 28.7. The van der Waals surface area contributed by atoms with E-state index in [1.807, 2.05) is 0 Å². The Kier molecular flexibility index (Phi) is 24.3. The molecule has 13 nitrogen and oxygen atoms in total. The molecule has 35 heteroatoms. The van der Waals surface area contributed by atoms with Gasteiger partial charge in [0.15, 0.2) is 12.6 Å². The molecule has 0 fully saturated rings. The molecule has 3 unspecified atom stereocenters. The Morgan fingerprint density at radius 1 is 0.353 bits per heavy atom. The lowest BCUT2D eigenvalue weighted by atomic mass is 10.1. The van der Waals surface area contributed by atoms with Gasteiger partial charge >= 0.3 is 66.6 Å². The van der Waals surface area contributed by atoms with E-state index >= 15 is 0 Å². The van der Waals surface area contributed by atoms with E-state index in [9.17, 15) is 112 Å². The van der Waals surface area contributed by atoms with Crippen LogP contribution in [0, 0.1) is 0 Å². The number of ether oxygens (including phenoxy) is 9. The predicted molar refractivity (Wildman–Crippen MR) is 240 cm³/mol. The summed E-state index contributed by atoms with van der Waals surface area (Å²) in [6.45, 7) is -8.63. The van der Waals surface area contributed by atoms with E-state index in [0.29, 0.717) is 5.56 Å². The van der Waals surface area contributed by atoms with Crippen LogP contribution in [-0.2, 0) is 77.2 Å². The zero-order chi connectivity index (χ0) is 64.1. The third-order valence-corrected chi connectivity index (χ3v) is 10.9. The highest BCUT2D eigenvalue weighted by Crippen LogP contribution is 2.52. The van der Waals surface area contributed by atoms with Gasteiger partial charge in [-0.15, -0.1) is 0 Å². The highest BCUT2D eigenvalue weighted by Gasteiger charge is 2.78. The standard InChI is InChI=1S/C50H48F22O13/c51-40(52,44(59,60)46(63,64)85-50(71,72)48(67,68)82-42(55,56)21-30-5-2-1-3-6-30)28-77-24-32-9-13-34(14-10-32)26-79-37(74)7-4-8-38(75)80-27-35-15-11-33(12-16-35)25-78-29-41(53,54)45(61,62)84-49(69,70)47(65,66)83-43(57,58)22-31-17-19-36(20-18-31)81-39(76)23-73/h1-3,5-6,9-20,37-39,73-76H,4,7-8,21-29H2. The van der Waals surface area contributed by atoms with Gasteiger partial charge in [0, 0.05) is 0 Å². The van der Waals surface area contributed by atoms with E-state index in [-0.39, 0.29) is 54.9 Å². The molecular formula is C50H48F22O13. The van der Waals surface area contributed by atoms with Crippen molar-refractivity contribution < 1.29 is 160 Å². The average molecular weight is 1270 g/mol. The molecule has 0 aliphatic rings. The van der Waals surface area contributed by atoms with Gasteiger partial charge in [-0.05, 0) is 64.8 Å². The summed E-state index contributed by atoms with van der Waals surface area (Å²) in [5, 5.41) is 38.3. The molecule has 0 saturated carbocycles. The lowest BCUT2D eigenvalue weighted by Gasteiger charge is -2.36. The molecule has 4 aromatic rings. The van der Waals surface area contributed by atoms with Crippen molar-refractivity contribution >= 4 is 0 Å². The molecule has 0 saturated heterocycles. The first-order valence-corrected chi connectivity index (χ1v) is 23.9. The van der Waals surface area contributed by atoms with Gasteiger partial charge in [0.1, 0.15) is 25.6 Å². The molecule has 4 rings (SSSR count). The fourth-order valence-electron chi connectivity index (χ4n) is 6.56. The molecule has 85 heavy (non-hydrogen) atoms. The first-order chi connectivity index (χ1) is 39.0. The smallest absolute Gasteiger partial charge is 0.453 e. The van der Waals surface area contributed by atoms with Gasteiger partial charge in [0.25, 0.3) is 0 Å².